The maximum Gasteiger partial charge on any atom is 0.249 e. The van der Waals surface area contributed by atoms with Gasteiger partial charge in [-0.3, -0.25) is 9.59 Å². The van der Waals surface area contributed by atoms with Crippen molar-refractivity contribution in [3.05, 3.63) is 70.6 Å². The zero-order valence-electron chi connectivity index (χ0n) is 22.2. The maximum absolute atomic E-state index is 14.1. The number of ketones is 1. The topological polar surface area (TPSA) is 102 Å². The summed E-state index contributed by atoms with van der Waals surface area (Å²) in [5.74, 6) is -0.604. The molecule has 2 heterocycles. The Labute approximate surface area is 226 Å². The molecule has 1 amide bonds. The third-order valence-electron chi connectivity index (χ3n) is 8.40. The molecule has 1 saturated heterocycles. The largest absolute Gasteiger partial charge is 0.366 e. The number of nitrogens with zero attached hydrogens (tertiary/aromatic N) is 3. The van der Waals surface area contributed by atoms with Crippen molar-refractivity contribution >= 4 is 11.7 Å². The van der Waals surface area contributed by atoms with E-state index < -0.39 is 17.5 Å². The van der Waals surface area contributed by atoms with Crippen molar-refractivity contribution in [2.45, 2.75) is 57.8 Å². The normalized spacial score (nSPS) is 20.7. The highest BCUT2D eigenvalue weighted by atomic mass is 19.1. The number of benzene rings is 2. The minimum atomic E-state index is -0.781. The summed E-state index contributed by atoms with van der Waals surface area (Å²) in [6, 6.07) is 8.68. The fraction of sp³-hybridized carbons (Fsp3) is 0.467. The molecule has 9 heteroatoms. The molecule has 0 radical (unpaired) electrons. The lowest BCUT2D eigenvalue weighted by molar-refractivity contribution is 0.0828. The Morgan fingerprint density at radius 1 is 1.03 bits per heavy atom. The Bertz CT molecular complexity index is 1340. The van der Waals surface area contributed by atoms with Crippen LogP contribution in [0.1, 0.15) is 83.0 Å². The van der Waals surface area contributed by atoms with E-state index in [0.717, 1.165) is 75.0 Å². The number of aromatic nitrogens is 2. The minimum Gasteiger partial charge on any atom is -0.366 e. The second-order valence-electron chi connectivity index (χ2n) is 10.9. The molecule has 1 aromatic heterocycles. The first-order chi connectivity index (χ1) is 18.8. The second-order valence-corrected chi connectivity index (χ2v) is 10.9. The van der Waals surface area contributed by atoms with Gasteiger partial charge in [0.05, 0.1) is 5.56 Å². The average Bonchev–Trinajstić information content (AvgIpc) is 3.38. The molecule has 2 N–H and O–H groups in total. The van der Waals surface area contributed by atoms with Crippen LogP contribution in [0, 0.1) is 30.4 Å². The number of rotatable bonds is 8. The van der Waals surface area contributed by atoms with E-state index in [1.54, 1.807) is 13.0 Å². The van der Waals surface area contributed by atoms with Gasteiger partial charge in [0.15, 0.2) is 5.78 Å². The number of halogens is 2. The van der Waals surface area contributed by atoms with Crippen molar-refractivity contribution in [3.63, 3.8) is 0 Å². The molecule has 7 nitrogen and oxygen atoms in total. The number of piperidine rings is 1. The molecular formula is C30H34F2N4O3. The summed E-state index contributed by atoms with van der Waals surface area (Å²) in [7, 11) is 0. The highest BCUT2D eigenvalue weighted by Crippen LogP contribution is 2.42. The number of Topliss-reactive ketones (excluding diaryl/α,β-unsaturated/α-hetero) is 1. The molecule has 39 heavy (non-hydrogen) atoms. The summed E-state index contributed by atoms with van der Waals surface area (Å²) in [6.45, 7) is 4.31. The summed E-state index contributed by atoms with van der Waals surface area (Å²) in [6.07, 6.45) is 6.47. The van der Waals surface area contributed by atoms with Crippen LogP contribution in [-0.2, 0) is 0 Å². The lowest BCUT2D eigenvalue weighted by Gasteiger charge is -2.34. The lowest BCUT2D eigenvalue weighted by atomic mass is 9.75. The van der Waals surface area contributed by atoms with E-state index in [-0.39, 0.29) is 23.2 Å². The van der Waals surface area contributed by atoms with Crippen molar-refractivity contribution < 1.29 is 22.9 Å². The van der Waals surface area contributed by atoms with Crippen molar-refractivity contribution in [2.75, 3.05) is 19.6 Å². The van der Waals surface area contributed by atoms with Gasteiger partial charge < -0.3 is 15.2 Å². The number of hydrogen-bond acceptors (Lipinski definition) is 6. The Kier molecular flexibility index (Phi) is 8.16. The molecule has 2 aliphatic rings. The zero-order valence-corrected chi connectivity index (χ0v) is 22.2. The number of likely N-dealkylation sites (tertiary alicyclic amines) is 1. The van der Waals surface area contributed by atoms with Crippen molar-refractivity contribution in [3.8, 4) is 11.4 Å². The monoisotopic (exact) mass is 536 g/mol. The van der Waals surface area contributed by atoms with Crippen molar-refractivity contribution in [1.29, 1.82) is 0 Å². The highest BCUT2D eigenvalue weighted by molar-refractivity contribution is 5.98. The van der Waals surface area contributed by atoms with Gasteiger partial charge in [-0.25, -0.2) is 8.78 Å². The van der Waals surface area contributed by atoms with Gasteiger partial charge in [-0.1, -0.05) is 17.3 Å². The summed E-state index contributed by atoms with van der Waals surface area (Å²) in [5, 5.41) is 4.08. The van der Waals surface area contributed by atoms with Gasteiger partial charge in [-0.05, 0) is 100 Å². The number of hydrogen-bond donors (Lipinski definition) is 1. The predicted molar refractivity (Wildman–Crippen MR) is 142 cm³/mol. The van der Waals surface area contributed by atoms with E-state index in [0.29, 0.717) is 36.0 Å². The smallest absolute Gasteiger partial charge is 0.249 e. The van der Waals surface area contributed by atoms with Gasteiger partial charge in [0.25, 0.3) is 0 Å². The quantitative estimate of drug-likeness (QED) is 0.372. The number of carbonyl (C=O) groups excluding carboxylic acids is 2. The number of primary amides is 1. The molecule has 5 rings (SSSR count). The maximum atomic E-state index is 14.1. The van der Waals surface area contributed by atoms with Gasteiger partial charge >= 0.3 is 0 Å². The summed E-state index contributed by atoms with van der Waals surface area (Å²) in [4.78, 5) is 31.8. The van der Waals surface area contributed by atoms with E-state index in [2.05, 4.69) is 15.0 Å². The first-order valence-electron chi connectivity index (χ1n) is 13.7. The van der Waals surface area contributed by atoms with E-state index >= 15 is 0 Å². The van der Waals surface area contributed by atoms with Crippen LogP contribution in [0.5, 0.6) is 0 Å². The summed E-state index contributed by atoms with van der Waals surface area (Å²) >= 11 is 0. The second kappa shape index (κ2) is 11.7. The van der Waals surface area contributed by atoms with Crippen LogP contribution in [0.25, 0.3) is 11.4 Å². The summed E-state index contributed by atoms with van der Waals surface area (Å²) in [5.41, 5.74) is 7.99. The van der Waals surface area contributed by atoms with Crippen LogP contribution in [0.15, 0.2) is 40.9 Å². The predicted octanol–water partition coefficient (Wildman–Crippen LogP) is 5.68. The number of aryl methyl sites for hydroxylation is 1. The Morgan fingerprint density at radius 3 is 2.41 bits per heavy atom. The van der Waals surface area contributed by atoms with E-state index in [4.69, 9.17) is 10.3 Å². The molecular weight excluding hydrogens is 502 g/mol. The van der Waals surface area contributed by atoms with Gasteiger partial charge in [0, 0.05) is 30.0 Å². The van der Waals surface area contributed by atoms with Crippen LogP contribution >= 0.6 is 0 Å². The first-order valence-corrected chi connectivity index (χ1v) is 13.7. The van der Waals surface area contributed by atoms with Crippen LogP contribution in [0.2, 0.25) is 0 Å². The van der Waals surface area contributed by atoms with Gasteiger partial charge in [-0.2, -0.15) is 4.98 Å². The molecule has 0 bridgehead atoms. The number of nitrogens with two attached hydrogens (primary N) is 1. The highest BCUT2D eigenvalue weighted by Gasteiger charge is 2.31. The van der Waals surface area contributed by atoms with Crippen molar-refractivity contribution in [2.24, 2.45) is 17.6 Å². The molecule has 2 fully saturated rings. The molecule has 0 atom stereocenters. The Hall–Kier alpha value is -3.46. The van der Waals surface area contributed by atoms with Crippen LogP contribution < -0.4 is 5.73 Å². The van der Waals surface area contributed by atoms with Gasteiger partial charge in [-0.15, -0.1) is 0 Å². The zero-order chi connectivity index (χ0) is 27.5. The third kappa shape index (κ3) is 6.08. The van der Waals surface area contributed by atoms with Crippen LogP contribution in [0.3, 0.4) is 0 Å². The molecule has 1 aliphatic carbocycles. The molecule has 3 aromatic rings. The van der Waals surface area contributed by atoms with E-state index in [9.17, 15) is 18.4 Å². The SMILES string of the molecule is Cc1nc(-c2cccc(C(N)=O)c2C2CCC(CCN3CCC(C(=O)c4ccc(F)cc4F)CC3)CC2)no1. The van der Waals surface area contributed by atoms with E-state index in [1.807, 2.05) is 12.1 Å². The molecule has 0 spiro atoms. The first kappa shape index (κ1) is 27.1. The number of carbonyl (C=O) groups is 2. The van der Waals surface area contributed by atoms with E-state index in [1.165, 1.54) is 6.07 Å². The Morgan fingerprint density at radius 2 is 1.77 bits per heavy atom. The fourth-order valence-electron chi connectivity index (χ4n) is 6.26. The Balaban J connectivity index is 1.14. The average molecular weight is 537 g/mol. The number of amides is 1. The summed E-state index contributed by atoms with van der Waals surface area (Å²) < 4.78 is 32.5. The minimum absolute atomic E-state index is 0.0119. The van der Waals surface area contributed by atoms with Gasteiger partial charge in [0.2, 0.25) is 17.6 Å². The van der Waals surface area contributed by atoms with Crippen molar-refractivity contribution in [1.82, 2.24) is 15.0 Å². The third-order valence-corrected chi connectivity index (χ3v) is 8.40. The fourth-order valence-corrected chi connectivity index (χ4v) is 6.26. The molecule has 206 valence electrons. The molecule has 0 unspecified atom stereocenters. The van der Waals surface area contributed by atoms with Crippen LogP contribution in [-0.4, -0.2) is 46.4 Å². The molecule has 1 aliphatic heterocycles. The standard InChI is InChI=1S/C30H34F2N4O3/c1-18-34-30(35-39-18)25-4-2-3-24(29(33)38)27(25)20-7-5-19(6-8-20)11-14-36-15-12-21(13-16-36)28(37)23-10-9-22(31)17-26(23)32/h2-4,9-10,17,19-21H,5-8,11-16H2,1H3,(H2,33,38). The van der Waals surface area contributed by atoms with Crippen LogP contribution in [0.4, 0.5) is 8.78 Å². The molecule has 1 saturated carbocycles. The van der Waals surface area contributed by atoms with Gasteiger partial charge in [0.1, 0.15) is 11.6 Å². The lowest BCUT2D eigenvalue weighted by Crippen LogP contribution is -2.37. The molecule has 2 aromatic carbocycles.